The Balaban J connectivity index is 1.19. The van der Waals surface area contributed by atoms with E-state index in [0.29, 0.717) is 122 Å². The fourth-order valence-corrected chi connectivity index (χ4v) is 13.3. The maximum absolute atomic E-state index is 14.9. The van der Waals surface area contributed by atoms with Gasteiger partial charge in [-0.1, -0.05) is 111 Å². The van der Waals surface area contributed by atoms with E-state index in [0.717, 1.165) is 4.90 Å². The number of hydrogen-bond acceptors (Lipinski definition) is 23. The van der Waals surface area contributed by atoms with Crippen LogP contribution in [0.15, 0.2) is 66.7 Å². The van der Waals surface area contributed by atoms with Crippen molar-refractivity contribution < 1.29 is 110 Å². The number of nitrogens with zero attached hydrogens (tertiary/aromatic N) is 4. The number of carbonyl (C=O) groups excluding carboxylic acids is 11. The Bertz CT molecular complexity index is 3280. The predicted octanol–water partition coefficient (Wildman–Crippen LogP) is 4.04. The lowest BCUT2D eigenvalue weighted by atomic mass is 9.89. The third-order valence-electron chi connectivity index (χ3n) is 20.0. The molecule has 115 heavy (non-hydrogen) atoms. The third-order valence-corrected chi connectivity index (χ3v) is 20.0. The highest BCUT2D eigenvalue weighted by molar-refractivity contribution is 6.12. The molecule has 34 heteroatoms. The number of imide groups is 1. The number of nitrogens with two attached hydrogens (primary N) is 1. The SMILES string of the molecule is CC[C@H](C)[C@@H]([C@@H](CC(=O)N1CCC[C@H]1[C@H](OC)[C@@H](C)C(=O)N[C@H](C)[C@@H](O)c1ccccc1)OC)N(C)C(=O)[C@@H](NC(=O)[C@H](C(C)C)N(C)C(=O)OCc1ccc(NC(=O)[C@H](CCCNC(N)=O)NC(=O)[C@@H](NC(=O)CCOCCOCCOCCOCCOCCOCCOCCOCCN2C(=O)C=CC2=O)C(C)C)cc1)C(C)C. The first kappa shape index (κ1) is 99.1. The minimum Gasteiger partial charge on any atom is -0.445 e. The van der Waals surface area contributed by atoms with Crippen LogP contribution in [0.2, 0.25) is 0 Å². The molecule has 2 aromatic rings. The van der Waals surface area contributed by atoms with Gasteiger partial charge in [0.05, 0.1) is 161 Å². The molecular formula is C81H131N11O23. The maximum atomic E-state index is 14.9. The molecule has 648 valence electrons. The predicted molar refractivity (Wildman–Crippen MR) is 426 cm³/mol. The van der Waals surface area contributed by atoms with Gasteiger partial charge < -0.3 is 105 Å². The van der Waals surface area contributed by atoms with Crippen molar-refractivity contribution >= 4 is 71.0 Å². The highest BCUT2D eigenvalue weighted by Gasteiger charge is 2.44. The van der Waals surface area contributed by atoms with Crippen LogP contribution in [0.5, 0.6) is 0 Å². The van der Waals surface area contributed by atoms with Crippen LogP contribution < -0.4 is 37.6 Å². The van der Waals surface area contributed by atoms with Gasteiger partial charge in [-0.05, 0) is 79.5 Å². The van der Waals surface area contributed by atoms with Crippen LogP contribution in [0.25, 0.3) is 0 Å². The average Bonchev–Trinajstić information content (AvgIpc) is 1.78. The van der Waals surface area contributed by atoms with Crippen LogP contribution in [0.4, 0.5) is 15.3 Å². The zero-order valence-corrected chi connectivity index (χ0v) is 69.9. The second-order valence-corrected chi connectivity index (χ2v) is 29.6. The number of likely N-dealkylation sites (N-methyl/N-ethyl adjacent to an activating group) is 2. The highest BCUT2D eigenvalue weighted by Crippen LogP contribution is 2.31. The zero-order valence-electron chi connectivity index (χ0n) is 69.9. The van der Waals surface area contributed by atoms with E-state index in [1.54, 1.807) is 109 Å². The van der Waals surface area contributed by atoms with E-state index in [1.807, 2.05) is 32.0 Å². The Kier molecular flexibility index (Phi) is 47.0. The van der Waals surface area contributed by atoms with Crippen molar-refractivity contribution in [2.45, 2.75) is 181 Å². The van der Waals surface area contributed by atoms with Crippen LogP contribution in [0.3, 0.4) is 0 Å². The van der Waals surface area contributed by atoms with Crippen molar-refractivity contribution in [3.05, 3.63) is 77.9 Å². The number of amides is 12. The molecule has 0 saturated carbocycles. The summed E-state index contributed by atoms with van der Waals surface area (Å²) < 4.78 is 61.8. The quantitative estimate of drug-likeness (QED) is 0.0342. The first-order valence-corrected chi connectivity index (χ1v) is 40.0. The van der Waals surface area contributed by atoms with Gasteiger partial charge in [0.2, 0.25) is 41.4 Å². The van der Waals surface area contributed by atoms with Crippen molar-refractivity contribution in [1.29, 1.82) is 0 Å². The lowest BCUT2D eigenvalue weighted by molar-refractivity contribution is -0.148. The first-order valence-electron chi connectivity index (χ1n) is 40.0. The Morgan fingerprint density at radius 2 is 1.13 bits per heavy atom. The Labute approximate surface area is 677 Å². The summed E-state index contributed by atoms with van der Waals surface area (Å²) in [5.41, 5.74) is 6.79. The van der Waals surface area contributed by atoms with Gasteiger partial charge in [0.25, 0.3) is 11.8 Å². The van der Waals surface area contributed by atoms with Crippen molar-refractivity contribution in [1.82, 2.24) is 46.2 Å². The highest BCUT2D eigenvalue weighted by atomic mass is 16.6. The molecule has 12 atom stereocenters. The molecule has 0 bridgehead atoms. The summed E-state index contributed by atoms with van der Waals surface area (Å²) in [4.78, 5) is 152. The number of primary amides is 1. The molecule has 9 N–H and O–H groups in total. The largest absolute Gasteiger partial charge is 0.445 e. The minimum absolute atomic E-state index is 0.0483. The number of aliphatic hydroxyl groups is 1. The second-order valence-electron chi connectivity index (χ2n) is 29.6. The number of methoxy groups -OCH3 is 2. The molecule has 0 aliphatic carbocycles. The number of benzene rings is 2. The van der Waals surface area contributed by atoms with Gasteiger partial charge in [-0.25, -0.2) is 9.59 Å². The molecular weight excluding hydrogens is 1490 g/mol. The molecule has 4 rings (SSSR count). The summed E-state index contributed by atoms with van der Waals surface area (Å²) in [7, 11) is 6.08. The van der Waals surface area contributed by atoms with Crippen molar-refractivity contribution in [3.8, 4) is 0 Å². The summed E-state index contributed by atoms with van der Waals surface area (Å²) in [6, 6.07) is 8.67. The summed E-state index contributed by atoms with van der Waals surface area (Å²) in [5.74, 6) is -6.09. The Morgan fingerprint density at radius 1 is 0.600 bits per heavy atom. The molecule has 2 aliphatic rings. The molecule has 0 aromatic heterocycles. The van der Waals surface area contributed by atoms with E-state index in [9.17, 15) is 57.8 Å². The fourth-order valence-electron chi connectivity index (χ4n) is 13.3. The van der Waals surface area contributed by atoms with Crippen molar-refractivity contribution in [3.63, 3.8) is 0 Å². The van der Waals surface area contributed by atoms with Crippen LogP contribution in [0, 0.1) is 29.6 Å². The molecule has 1 saturated heterocycles. The van der Waals surface area contributed by atoms with E-state index in [2.05, 4.69) is 31.9 Å². The number of urea groups is 1. The van der Waals surface area contributed by atoms with Crippen molar-refractivity contribution in [2.24, 2.45) is 35.3 Å². The molecule has 0 spiro atoms. The third kappa shape index (κ3) is 35.2. The van der Waals surface area contributed by atoms with Crippen LogP contribution >= 0.6 is 0 Å². The number of hydrogen-bond donors (Lipinski definition) is 8. The lowest BCUT2D eigenvalue weighted by Crippen LogP contribution is -2.60. The van der Waals surface area contributed by atoms with E-state index in [1.165, 1.54) is 38.3 Å². The molecule has 0 radical (unpaired) electrons. The second kappa shape index (κ2) is 54.6. The van der Waals surface area contributed by atoms with E-state index < -0.39 is 126 Å². The standard InChI is InChI=1S/C81H131N11O23/c1-15-56(8)72(64(105-13)51-68(96)91-33-20-24-63(91)74(106-14)57(9)75(98)84-58(10)73(97)60-21-17-16-18-22-60)89(11)79(102)70(54(4)5)88-78(101)71(55(6)7)90(12)81(104)115-52-59-25-27-61(28-26-59)85-76(99)62(23-19-32-83-80(82)103)86-77(100)69(53(2)3)87-65(93)31-35-107-37-39-109-41-43-111-45-47-113-49-50-114-48-46-112-44-42-110-40-38-108-36-34-92-66(94)29-30-67(92)95/h16-18,21-22,25-30,53-58,62-64,69-74,97H,15,19-20,23-24,31-52H2,1-14H3,(H,84,98)(H,85,99)(H,86,100)(H,87,93)(H,88,101)(H3,82,83,103)/t56-,57+,58+,62-,63-,64+,69-,70-,71-,72-,73+,74+/m0/s1. The molecule has 2 heterocycles. The molecule has 12 amide bonds. The number of likely N-dealkylation sites (tertiary alicyclic amines) is 1. The van der Waals surface area contributed by atoms with Gasteiger partial charge in [-0.3, -0.25) is 53.0 Å². The number of nitrogens with one attached hydrogen (secondary N) is 6. The van der Waals surface area contributed by atoms with Gasteiger partial charge in [0.1, 0.15) is 30.8 Å². The van der Waals surface area contributed by atoms with Crippen LogP contribution in [0.1, 0.15) is 131 Å². The fraction of sp³-hybridized carbons (Fsp3) is 0.691. The van der Waals surface area contributed by atoms with Crippen LogP contribution in [-0.4, -0.2) is 298 Å². The molecule has 34 nitrogen and oxygen atoms in total. The van der Waals surface area contributed by atoms with E-state index in [-0.39, 0.29) is 101 Å². The molecule has 0 unspecified atom stereocenters. The van der Waals surface area contributed by atoms with Gasteiger partial charge in [0.15, 0.2) is 0 Å². The number of carbonyl (C=O) groups is 11. The molecule has 2 aromatic carbocycles. The monoisotopic (exact) mass is 1630 g/mol. The number of ether oxygens (including phenoxy) is 11. The summed E-state index contributed by atoms with van der Waals surface area (Å²) >= 11 is 0. The van der Waals surface area contributed by atoms with E-state index >= 15 is 0 Å². The Hall–Kier alpha value is -8.29. The summed E-state index contributed by atoms with van der Waals surface area (Å²) in [6.45, 7) is 23.7. The maximum Gasteiger partial charge on any atom is 0.410 e. The van der Waals surface area contributed by atoms with Gasteiger partial charge in [0, 0.05) is 65.7 Å². The smallest absolute Gasteiger partial charge is 0.410 e. The van der Waals surface area contributed by atoms with E-state index in [4.69, 9.17) is 57.8 Å². The minimum atomic E-state index is -1.13. The average molecular weight is 1630 g/mol. The summed E-state index contributed by atoms with van der Waals surface area (Å²) in [5, 5.41) is 27.7. The molecule has 2 aliphatic heterocycles. The molecule has 1 fully saturated rings. The normalized spacial score (nSPS) is 16.4. The first-order chi connectivity index (χ1) is 55.0. The van der Waals surface area contributed by atoms with Crippen molar-refractivity contribution in [2.75, 3.05) is 159 Å². The zero-order chi connectivity index (χ0) is 84.9. The van der Waals surface area contributed by atoms with Gasteiger partial charge >= 0.3 is 12.1 Å². The van der Waals surface area contributed by atoms with Gasteiger partial charge in [-0.2, -0.15) is 0 Å². The topological polar surface area (TPSA) is 421 Å². The Morgan fingerprint density at radius 3 is 1.63 bits per heavy atom. The van der Waals surface area contributed by atoms with Crippen LogP contribution in [-0.2, 0) is 102 Å². The lowest BCUT2D eigenvalue weighted by Gasteiger charge is -2.41. The summed E-state index contributed by atoms with van der Waals surface area (Å²) in [6.07, 6.45) is 1.28. The van der Waals surface area contributed by atoms with Gasteiger partial charge in [-0.15, -0.1) is 0 Å². The number of rotatable bonds is 59. The number of anilines is 1. The number of aliphatic hydroxyl groups excluding tert-OH is 1.